The van der Waals surface area contributed by atoms with Crippen LogP contribution >= 0.6 is 0 Å². The summed E-state index contributed by atoms with van der Waals surface area (Å²) in [5, 5.41) is 0. The maximum absolute atomic E-state index is 12.5. The number of fused-ring (bicyclic) bond motifs is 1. The molecule has 19 heavy (non-hydrogen) atoms. The van der Waals surface area contributed by atoms with E-state index in [0.717, 1.165) is 51.1 Å². The highest BCUT2D eigenvalue weighted by Crippen LogP contribution is 2.26. The van der Waals surface area contributed by atoms with Crippen LogP contribution in [-0.4, -0.2) is 55.4 Å². The lowest BCUT2D eigenvalue weighted by Crippen LogP contribution is -2.47. The number of nitrogens with zero attached hydrogens (tertiary/aromatic N) is 2. The van der Waals surface area contributed by atoms with E-state index in [9.17, 15) is 4.79 Å². The van der Waals surface area contributed by atoms with E-state index in [4.69, 9.17) is 0 Å². The second-order valence-corrected chi connectivity index (χ2v) is 5.86. The molecule has 0 aromatic heterocycles. The lowest BCUT2D eigenvalue weighted by molar-refractivity contribution is 0.0812. The van der Waals surface area contributed by atoms with Crippen molar-refractivity contribution in [3.05, 3.63) is 35.4 Å². The first-order chi connectivity index (χ1) is 9.24. The molecule has 1 atom stereocenters. The van der Waals surface area contributed by atoms with Crippen LogP contribution in [0.4, 0.5) is 0 Å². The van der Waals surface area contributed by atoms with Crippen molar-refractivity contribution in [3.8, 4) is 0 Å². The number of piperazine rings is 1. The molecule has 1 heterocycles. The quantitative estimate of drug-likeness (QED) is 0.806. The molecule has 1 aromatic carbocycles. The normalized spacial score (nSPS) is 25.3. The van der Waals surface area contributed by atoms with Crippen LogP contribution in [0.5, 0.6) is 0 Å². The molecule has 1 aromatic rings. The Hall–Kier alpha value is -1.19. The highest BCUT2D eigenvalue weighted by atomic mass is 16.1. The molecule has 1 aliphatic heterocycles. The van der Waals surface area contributed by atoms with Gasteiger partial charge in [0.25, 0.3) is 0 Å². The second kappa shape index (κ2) is 5.43. The van der Waals surface area contributed by atoms with Gasteiger partial charge in [0.1, 0.15) is 0 Å². The Bertz CT molecular complexity index is 464. The first kappa shape index (κ1) is 12.8. The monoisotopic (exact) mass is 258 g/mol. The fourth-order valence-corrected chi connectivity index (χ4v) is 3.18. The number of likely N-dealkylation sites (N-methyl/N-ethyl adjacent to an activating group) is 1. The number of benzene rings is 1. The van der Waals surface area contributed by atoms with Crippen LogP contribution in [0.3, 0.4) is 0 Å². The van der Waals surface area contributed by atoms with Crippen LogP contribution in [-0.2, 0) is 6.42 Å². The Kier molecular flexibility index (Phi) is 3.67. The summed E-state index contributed by atoms with van der Waals surface area (Å²) in [7, 11) is 2.17. The summed E-state index contributed by atoms with van der Waals surface area (Å²) in [5.74, 6) is 0.569. The van der Waals surface area contributed by atoms with Gasteiger partial charge in [0.15, 0.2) is 5.78 Å². The Labute approximate surface area is 115 Å². The molecule has 0 N–H and O–H groups in total. The average molecular weight is 258 g/mol. The number of carbonyl (C=O) groups excluding carboxylic acids is 1. The van der Waals surface area contributed by atoms with E-state index < -0.39 is 0 Å². The molecule has 0 amide bonds. The number of ketones is 1. The Balaban J connectivity index is 1.66. The molecule has 0 unspecified atom stereocenters. The molecule has 0 radical (unpaired) electrons. The van der Waals surface area contributed by atoms with Crippen LogP contribution in [0, 0.1) is 5.92 Å². The number of aryl methyl sites for hydroxylation is 1. The van der Waals surface area contributed by atoms with Gasteiger partial charge in [0.05, 0.1) is 0 Å². The molecule has 1 aliphatic carbocycles. The lowest BCUT2D eigenvalue weighted by atomic mass is 9.82. The van der Waals surface area contributed by atoms with Gasteiger partial charge in [0.2, 0.25) is 0 Å². The maximum atomic E-state index is 12.5. The standard InChI is InChI=1S/C16H22N2O/c1-17-8-10-18(11-9-17)12-14-7-6-13-4-2-3-5-15(13)16(14)19/h2-5,14H,6-12H2,1H3/t14-/m0/s1. The van der Waals surface area contributed by atoms with E-state index in [0.29, 0.717) is 5.78 Å². The SMILES string of the molecule is CN1CCN(C[C@@H]2CCc3ccccc3C2=O)CC1. The summed E-state index contributed by atoms with van der Waals surface area (Å²) in [6.07, 6.45) is 2.07. The van der Waals surface area contributed by atoms with Crippen molar-refractivity contribution in [3.63, 3.8) is 0 Å². The number of rotatable bonds is 2. The molecule has 3 rings (SSSR count). The largest absolute Gasteiger partial charge is 0.304 e. The molecular formula is C16H22N2O. The summed E-state index contributed by atoms with van der Waals surface area (Å²) in [4.78, 5) is 17.3. The number of hydrogen-bond acceptors (Lipinski definition) is 3. The van der Waals surface area contributed by atoms with Crippen molar-refractivity contribution in [2.24, 2.45) is 5.92 Å². The summed E-state index contributed by atoms with van der Waals surface area (Å²) >= 11 is 0. The molecular weight excluding hydrogens is 236 g/mol. The topological polar surface area (TPSA) is 23.6 Å². The van der Waals surface area contributed by atoms with Crippen LogP contribution < -0.4 is 0 Å². The van der Waals surface area contributed by atoms with Gasteiger partial charge in [-0.15, -0.1) is 0 Å². The molecule has 2 aliphatic rings. The van der Waals surface area contributed by atoms with Crippen molar-refractivity contribution in [2.45, 2.75) is 12.8 Å². The third-order valence-corrected chi connectivity index (χ3v) is 4.49. The zero-order chi connectivity index (χ0) is 13.2. The molecule has 0 saturated carbocycles. The van der Waals surface area contributed by atoms with E-state index in [1.54, 1.807) is 0 Å². The summed E-state index contributed by atoms with van der Waals surface area (Å²) in [6, 6.07) is 8.11. The fourth-order valence-electron chi connectivity index (χ4n) is 3.18. The van der Waals surface area contributed by atoms with Gasteiger partial charge in [-0.2, -0.15) is 0 Å². The minimum Gasteiger partial charge on any atom is -0.304 e. The minimum atomic E-state index is 0.207. The predicted molar refractivity (Wildman–Crippen MR) is 76.5 cm³/mol. The minimum absolute atomic E-state index is 0.207. The summed E-state index contributed by atoms with van der Waals surface area (Å²) in [6.45, 7) is 5.39. The second-order valence-electron chi connectivity index (χ2n) is 5.86. The van der Waals surface area contributed by atoms with Gasteiger partial charge in [0, 0.05) is 44.2 Å². The van der Waals surface area contributed by atoms with Crippen LogP contribution in [0.1, 0.15) is 22.3 Å². The van der Waals surface area contributed by atoms with Crippen LogP contribution in [0.2, 0.25) is 0 Å². The van der Waals surface area contributed by atoms with Gasteiger partial charge >= 0.3 is 0 Å². The van der Waals surface area contributed by atoms with E-state index >= 15 is 0 Å². The van der Waals surface area contributed by atoms with Crippen molar-refractivity contribution in [1.82, 2.24) is 9.80 Å². The molecule has 0 spiro atoms. The number of hydrogen-bond donors (Lipinski definition) is 0. The van der Waals surface area contributed by atoms with Crippen LogP contribution in [0.25, 0.3) is 0 Å². The van der Waals surface area contributed by atoms with Crippen molar-refractivity contribution < 1.29 is 4.79 Å². The molecule has 0 bridgehead atoms. The van der Waals surface area contributed by atoms with Gasteiger partial charge in [-0.25, -0.2) is 0 Å². The molecule has 1 saturated heterocycles. The Morgan fingerprint density at radius 2 is 1.89 bits per heavy atom. The van der Waals surface area contributed by atoms with E-state index in [-0.39, 0.29) is 5.92 Å². The molecule has 1 fully saturated rings. The molecule has 3 heteroatoms. The first-order valence-corrected chi connectivity index (χ1v) is 7.27. The highest BCUT2D eigenvalue weighted by Gasteiger charge is 2.29. The third-order valence-electron chi connectivity index (χ3n) is 4.49. The molecule has 102 valence electrons. The van der Waals surface area contributed by atoms with Gasteiger partial charge in [-0.1, -0.05) is 24.3 Å². The smallest absolute Gasteiger partial charge is 0.167 e. The average Bonchev–Trinajstić information content (AvgIpc) is 2.45. The molecule has 3 nitrogen and oxygen atoms in total. The number of carbonyl (C=O) groups is 1. The van der Waals surface area contributed by atoms with Crippen LogP contribution in [0.15, 0.2) is 24.3 Å². The fraction of sp³-hybridized carbons (Fsp3) is 0.562. The van der Waals surface area contributed by atoms with Gasteiger partial charge in [-0.05, 0) is 25.5 Å². The zero-order valence-corrected chi connectivity index (χ0v) is 11.6. The zero-order valence-electron chi connectivity index (χ0n) is 11.6. The Morgan fingerprint density at radius 3 is 2.68 bits per heavy atom. The first-order valence-electron chi connectivity index (χ1n) is 7.27. The number of Topliss-reactive ketones (excluding diaryl/α,β-unsaturated/α-hetero) is 1. The summed E-state index contributed by atoms with van der Waals surface area (Å²) < 4.78 is 0. The van der Waals surface area contributed by atoms with Crippen molar-refractivity contribution in [2.75, 3.05) is 39.8 Å². The summed E-state index contributed by atoms with van der Waals surface area (Å²) in [5.41, 5.74) is 2.20. The van der Waals surface area contributed by atoms with Gasteiger partial charge < -0.3 is 9.80 Å². The van der Waals surface area contributed by atoms with Gasteiger partial charge in [-0.3, -0.25) is 4.79 Å². The van der Waals surface area contributed by atoms with E-state index in [1.807, 2.05) is 18.2 Å². The predicted octanol–water partition coefficient (Wildman–Crippen LogP) is 1.68. The lowest BCUT2D eigenvalue weighted by Gasteiger charge is -2.35. The highest BCUT2D eigenvalue weighted by molar-refractivity contribution is 6.00. The Morgan fingerprint density at radius 1 is 1.16 bits per heavy atom. The van der Waals surface area contributed by atoms with Crippen molar-refractivity contribution >= 4 is 5.78 Å². The van der Waals surface area contributed by atoms with E-state index in [2.05, 4.69) is 22.9 Å². The third kappa shape index (κ3) is 2.72. The van der Waals surface area contributed by atoms with E-state index in [1.165, 1.54) is 5.56 Å². The maximum Gasteiger partial charge on any atom is 0.167 e. The van der Waals surface area contributed by atoms with Crippen molar-refractivity contribution in [1.29, 1.82) is 0 Å².